The molecule has 2 heterocycles. The van der Waals surface area contributed by atoms with E-state index in [0.717, 1.165) is 34.6 Å². The van der Waals surface area contributed by atoms with E-state index in [9.17, 15) is 4.79 Å². The van der Waals surface area contributed by atoms with Crippen LogP contribution in [0, 0.1) is 0 Å². The second-order valence-electron chi connectivity index (χ2n) is 7.80. The van der Waals surface area contributed by atoms with E-state index in [1.165, 1.54) is 4.88 Å². The molecule has 0 unspecified atom stereocenters. The topological polar surface area (TPSA) is 59.6 Å². The van der Waals surface area contributed by atoms with E-state index >= 15 is 0 Å². The Morgan fingerprint density at radius 1 is 0.935 bits per heavy atom. The van der Waals surface area contributed by atoms with E-state index in [4.69, 9.17) is 9.47 Å². The smallest absolute Gasteiger partial charge is 0.163 e. The van der Waals surface area contributed by atoms with E-state index < -0.39 is 0 Å². The van der Waals surface area contributed by atoms with Crippen molar-refractivity contribution in [2.75, 3.05) is 24.9 Å². The highest BCUT2D eigenvalue weighted by atomic mass is 32.1. The van der Waals surface area contributed by atoms with Gasteiger partial charge in [0, 0.05) is 28.5 Å². The highest BCUT2D eigenvalue weighted by Crippen LogP contribution is 2.45. The first-order valence-corrected chi connectivity index (χ1v) is 11.2. The standard InChI is InChI=1S/C25H24N2O3S/c1-29-21-10-9-15(14-22(21)30-2)25-24-19(26-17-6-3-4-7-18(17)27-25)12-16(13-20(24)28)23-8-5-11-31-23/h3-11,14,16,25-27H,12-13H2,1-2H3/t16-,25-/m1/s1. The maximum absolute atomic E-state index is 13.5. The van der Waals surface area contributed by atoms with E-state index in [1.54, 1.807) is 25.6 Å². The van der Waals surface area contributed by atoms with Crippen LogP contribution in [0.15, 0.2) is 71.2 Å². The quantitative estimate of drug-likeness (QED) is 0.550. The Hall–Kier alpha value is -3.25. The zero-order valence-electron chi connectivity index (χ0n) is 17.5. The third kappa shape index (κ3) is 3.57. The molecule has 6 heteroatoms. The Morgan fingerprint density at radius 2 is 1.74 bits per heavy atom. The van der Waals surface area contributed by atoms with Crippen LogP contribution in [-0.4, -0.2) is 20.0 Å². The molecule has 0 fully saturated rings. The van der Waals surface area contributed by atoms with Gasteiger partial charge in [0.2, 0.25) is 0 Å². The van der Waals surface area contributed by atoms with E-state index in [2.05, 4.69) is 28.1 Å². The predicted molar refractivity (Wildman–Crippen MR) is 124 cm³/mol. The molecular weight excluding hydrogens is 408 g/mol. The summed E-state index contributed by atoms with van der Waals surface area (Å²) in [4.78, 5) is 14.8. The molecule has 0 saturated heterocycles. The number of para-hydroxylation sites is 2. The Morgan fingerprint density at radius 3 is 2.48 bits per heavy atom. The number of benzene rings is 2. The number of ether oxygens (including phenoxy) is 2. The van der Waals surface area contributed by atoms with Crippen LogP contribution in [0.5, 0.6) is 11.5 Å². The van der Waals surface area contributed by atoms with Crippen LogP contribution < -0.4 is 20.1 Å². The van der Waals surface area contributed by atoms with Crippen molar-refractivity contribution in [2.24, 2.45) is 0 Å². The van der Waals surface area contributed by atoms with Crippen LogP contribution in [0.3, 0.4) is 0 Å². The molecule has 1 aliphatic heterocycles. The van der Waals surface area contributed by atoms with Crippen molar-refractivity contribution in [1.29, 1.82) is 0 Å². The van der Waals surface area contributed by atoms with Gasteiger partial charge in [0.25, 0.3) is 0 Å². The van der Waals surface area contributed by atoms with E-state index in [-0.39, 0.29) is 17.7 Å². The number of carbonyl (C=O) groups excluding carboxylic acids is 1. The van der Waals surface area contributed by atoms with Crippen LogP contribution in [0.25, 0.3) is 0 Å². The highest BCUT2D eigenvalue weighted by Gasteiger charge is 2.36. The molecule has 158 valence electrons. The summed E-state index contributed by atoms with van der Waals surface area (Å²) in [7, 11) is 3.25. The van der Waals surface area contributed by atoms with Crippen LogP contribution in [0.1, 0.15) is 35.2 Å². The van der Waals surface area contributed by atoms with Gasteiger partial charge in [-0.3, -0.25) is 4.79 Å². The van der Waals surface area contributed by atoms with Crippen LogP contribution >= 0.6 is 11.3 Å². The lowest BCUT2D eigenvalue weighted by atomic mass is 9.80. The van der Waals surface area contributed by atoms with Crippen molar-refractivity contribution < 1.29 is 14.3 Å². The molecule has 5 nitrogen and oxygen atoms in total. The van der Waals surface area contributed by atoms with Crippen molar-refractivity contribution in [1.82, 2.24) is 0 Å². The largest absolute Gasteiger partial charge is 0.493 e. The molecule has 5 rings (SSSR count). The molecule has 1 aromatic heterocycles. The van der Waals surface area contributed by atoms with Gasteiger partial charge in [-0.15, -0.1) is 11.3 Å². The number of hydrogen-bond donors (Lipinski definition) is 2. The predicted octanol–water partition coefficient (Wildman–Crippen LogP) is 5.74. The Balaban J connectivity index is 1.63. The second kappa shape index (κ2) is 8.12. The van der Waals surface area contributed by atoms with Gasteiger partial charge in [0.1, 0.15) is 0 Å². The zero-order valence-corrected chi connectivity index (χ0v) is 18.3. The molecule has 2 atom stereocenters. The van der Waals surface area contributed by atoms with Crippen molar-refractivity contribution in [3.63, 3.8) is 0 Å². The fraction of sp³-hybridized carbons (Fsp3) is 0.240. The number of carbonyl (C=O) groups is 1. The Bertz CT molecular complexity index is 1150. The summed E-state index contributed by atoms with van der Waals surface area (Å²) in [6, 6.07) is 17.8. The number of fused-ring (bicyclic) bond motifs is 1. The average Bonchev–Trinajstić information content (AvgIpc) is 3.27. The number of methoxy groups -OCH3 is 2. The zero-order chi connectivity index (χ0) is 21.4. The third-order valence-electron chi connectivity index (χ3n) is 6.00. The van der Waals surface area contributed by atoms with Gasteiger partial charge in [-0.2, -0.15) is 0 Å². The summed E-state index contributed by atoms with van der Waals surface area (Å²) in [5, 5.41) is 9.27. The van der Waals surface area contributed by atoms with Crippen LogP contribution in [0.4, 0.5) is 11.4 Å². The fourth-order valence-electron chi connectivity index (χ4n) is 4.50. The monoisotopic (exact) mass is 432 g/mol. The molecule has 0 saturated carbocycles. The molecule has 2 aliphatic rings. The lowest BCUT2D eigenvalue weighted by molar-refractivity contribution is -0.116. The van der Waals surface area contributed by atoms with E-state index in [1.807, 2.05) is 42.5 Å². The Kier molecular flexibility index (Phi) is 5.16. The molecule has 0 radical (unpaired) electrons. The maximum atomic E-state index is 13.5. The molecule has 31 heavy (non-hydrogen) atoms. The summed E-state index contributed by atoms with van der Waals surface area (Å²) < 4.78 is 10.9. The molecule has 0 amide bonds. The number of rotatable bonds is 4. The number of Topliss-reactive ketones (excluding diaryl/α,β-unsaturated/α-hetero) is 1. The molecule has 2 N–H and O–H groups in total. The van der Waals surface area contributed by atoms with Gasteiger partial charge in [0.15, 0.2) is 17.3 Å². The number of hydrogen-bond acceptors (Lipinski definition) is 6. The van der Waals surface area contributed by atoms with Gasteiger partial charge in [0.05, 0.1) is 31.6 Å². The van der Waals surface area contributed by atoms with Crippen molar-refractivity contribution in [3.05, 3.63) is 81.7 Å². The molecule has 0 spiro atoms. The average molecular weight is 433 g/mol. The molecule has 0 bridgehead atoms. The summed E-state index contributed by atoms with van der Waals surface area (Å²) >= 11 is 1.72. The van der Waals surface area contributed by atoms with Gasteiger partial charge < -0.3 is 20.1 Å². The fourth-order valence-corrected chi connectivity index (χ4v) is 5.33. The number of allylic oxidation sites excluding steroid dienone is 1. The minimum absolute atomic E-state index is 0.173. The first-order chi connectivity index (χ1) is 15.2. The van der Waals surface area contributed by atoms with Crippen LogP contribution in [-0.2, 0) is 4.79 Å². The third-order valence-corrected chi connectivity index (χ3v) is 7.03. The minimum atomic E-state index is -0.275. The molecular formula is C25H24N2O3S. The first-order valence-electron chi connectivity index (χ1n) is 10.3. The van der Waals surface area contributed by atoms with Gasteiger partial charge in [-0.05, 0) is 47.7 Å². The maximum Gasteiger partial charge on any atom is 0.163 e. The SMILES string of the molecule is COc1ccc([C@H]2Nc3ccccc3NC3=C2C(=O)C[C@H](c2cccs2)C3)cc1OC. The summed E-state index contributed by atoms with van der Waals surface area (Å²) in [6.07, 6.45) is 1.32. The number of ketones is 1. The van der Waals surface area contributed by atoms with Crippen molar-refractivity contribution >= 4 is 28.5 Å². The van der Waals surface area contributed by atoms with Gasteiger partial charge >= 0.3 is 0 Å². The summed E-state index contributed by atoms with van der Waals surface area (Å²) in [5.41, 5.74) is 4.71. The van der Waals surface area contributed by atoms with E-state index in [0.29, 0.717) is 17.9 Å². The summed E-state index contributed by atoms with van der Waals surface area (Å²) in [5.74, 6) is 1.69. The number of anilines is 2. The van der Waals surface area contributed by atoms with Crippen molar-refractivity contribution in [3.8, 4) is 11.5 Å². The second-order valence-corrected chi connectivity index (χ2v) is 8.78. The molecule has 3 aromatic rings. The molecule has 2 aromatic carbocycles. The first kappa shape index (κ1) is 19.7. The lowest BCUT2D eigenvalue weighted by Crippen LogP contribution is -2.26. The number of nitrogens with one attached hydrogen (secondary N) is 2. The highest BCUT2D eigenvalue weighted by molar-refractivity contribution is 7.10. The lowest BCUT2D eigenvalue weighted by Gasteiger charge is -2.29. The van der Waals surface area contributed by atoms with Gasteiger partial charge in [-0.1, -0.05) is 24.3 Å². The number of thiophene rings is 1. The normalized spacial score (nSPS) is 20.1. The summed E-state index contributed by atoms with van der Waals surface area (Å²) in [6.45, 7) is 0. The van der Waals surface area contributed by atoms with Crippen LogP contribution in [0.2, 0.25) is 0 Å². The molecule has 1 aliphatic carbocycles. The van der Waals surface area contributed by atoms with Crippen molar-refractivity contribution in [2.45, 2.75) is 24.8 Å². The van der Waals surface area contributed by atoms with Gasteiger partial charge in [-0.25, -0.2) is 0 Å². The Labute approximate surface area is 185 Å². The minimum Gasteiger partial charge on any atom is -0.493 e.